The van der Waals surface area contributed by atoms with E-state index in [1.54, 1.807) is 4.90 Å². The quantitative estimate of drug-likeness (QED) is 0.385. The number of unbranched alkanes of at least 4 members (excludes halogenated alkanes) is 2. The Labute approximate surface area is 169 Å². The molecule has 2 heterocycles. The van der Waals surface area contributed by atoms with E-state index in [9.17, 15) is 9.59 Å². The molecule has 3 N–H and O–H groups in total. The van der Waals surface area contributed by atoms with Crippen molar-refractivity contribution in [1.82, 2.24) is 21.0 Å². The number of carbonyl (C=O) groups is 2. The van der Waals surface area contributed by atoms with E-state index >= 15 is 0 Å². The first-order valence-corrected chi connectivity index (χ1v) is 11.0. The van der Waals surface area contributed by atoms with E-state index in [1.165, 1.54) is 0 Å². The Kier molecular flexibility index (Phi) is 10.6. The van der Waals surface area contributed by atoms with Gasteiger partial charge >= 0.3 is 6.09 Å². The van der Waals surface area contributed by atoms with Gasteiger partial charge in [0.2, 0.25) is 5.91 Å². The zero-order valence-electron chi connectivity index (χ0n) is 17.5. The summed E-state index contributed by atoms with van der Waals surface area (Å²) in [5.41, 5.74) is 3.09. The molecule has 2 amide bonds. The number of nitrogens with zero attached hydrogens (tertiary/aromatic N) is 1. The lowest BCUT2D eigenvalue weighted by molar-refractivity contribution is -0.125. The maximum absolute atomic E-state index is 12.5. The zero-order chi connectivity index (χ0) is 20.2. The second kappa shape index (κ2) is 13.0. The molecular formula is C20H38N4O4. The zero-order valence-corrected chi connectivity index (χ0v) is 17.5. The average Bonchev–Trinajstić information content (AvgIpc) is 2.72. The predicted octanol–water partition coefficient (Wildman–Crippen LogP) is 1.95. The molecule has 0 radical (unpaired) electrons. The van der Waals surface area contributed by atoms with Crippen molar-refractivity contribution in [2.24, 2.45) is 0 Å². The van der Waals surface area contributed by atoms with Gasteiger partial charge in [0, 0.05) is 31.7 Å². The summed E-state index contributed by atoms with van der Waals surface area (Å²) in [6, 6.07) is 0.232. The highest BCUT2D eigenvalue weighted by Crippen LogP contribution is 2.14. The summed E-state index contributed by atoms with van der Waals surface area (Å²) in [6.07, 6.45) is 7.11. The molecule has 2 saturated heterocycles. The predicted molar refractivity (Wildman–Crippen MR) is 108 cm³/mol. The molecule has 2 aliphatic heterocycles. The van der Waals surface area contributed by atoms with Gasteiger partial charge in [0.25, 0.3) is 0 Å². The summed E-state index contributed by atoms with van der Waals surface area (Å²) in [5.74, 6) is 0.0642. The van der Waals surface area contributed by atoms with Crippen LogP contribution in [0.15, 0.2) is 0 Å². The molecule has 0 saturated carbocycles. The van der Waals surface area contributed by atoms with E-state index < -0.39 is 0 Å². The average molecular weight is 399 g/mol. The van der Waals surface area contributed by atoms with Crippen LogP contribution in [0.4, 0.5) is 4.79 Å². The van der Waals surface area contributed by atoms with Crippen molar-refractivity contribution >= 4 is 12.0 Å². The van der Waals surface area contributed by atoms with Gasteiger partial charge in [-0.3, -0.25) is 4.79 Å². The molecule has 2 fully saturated rings. The van der Waals surface area contributed by atoms with Crippen molar-refractivity contribution in [3.05, 3.63) is 0 Å². The minimum atomic E-state index is -0.230. The molecule has 162 valence electrons. The fourth-order valence-electron chi connectivity index (χ4n) is 3.48. The molecular weight excluding hydrogens is 360 g/mol. The molecule has 1 unspecified atom stereocenters. The summed E-state index contributed by atoms with van der Waals surface area (Å²) in [4.78, 5) is 31.7. The Morgan fingerprint density at radius 1 is 1.00 bits per heavy atom. The number of ether oxygens (including phenoxy) is 1. The van der Waals surface area contributed by atoms with E-state index in [0.717, 1.165) is 64.5 Å². The topological polar surface area (TPSA) is 91.9 Å². The lowest BCUT2D eigenvalue weighted by Gasteiger charge is -2.34. The molecule has 8 nitrogen and oxygen atoms in total. The Hall–Kier alpha value is -1.38. The van der Waals surface area contributed by atoms with Crippen LogP contribution in [0.3, 0.4) is 0 Å². The van der Waals surface area contributed by atoms with Gasteiger partial charge in [-0.25, -0.2) is 4.79 Å². The van der Waals surface area contributed by atoms with Gasteiger partial charge in [-0.1, -0.05) is 26.7 Å². The summed E-state index contributed by atoms with van der Waals surface area (Å²) < 4.78 is 5.26. The maximum atomic E-state index is 12.5. The second-order valence-electron chi connectivity index (χ2n) is 7.79. The standard InChI is InChI=1S/C20H38N4O4/c1-3-5-13-27-20(26)24-11-9-16(10-12-24)22-19(25)18-8-7-17(15-21-18)23-28-14-6-4-2/h16-18,21,23H,3-15H2,1-2H3,(H,22,25)/t17?,18-/m0/s1. The number of likely N-dealkylation sites (tertiary alicyclic amines) is 1. The van der Waals surface area contributed by atoms with Gasteiger partial charge in [-0.15, -0.1) is 0 Å². The molecule has 2 rings (SSSR count). The summed E-state index contributed by atoms with van der Waals surface area (Å²) in [5, 5.41) is 6.46. The van der Waals surface area contributed by atoms with Crippen molar-refractivity contribution in [2.75, 3.05) is 32.8 Å². The van der Waals surface area contributed by atoms with E-state index in [4.69, 9.17) is 9.57 Å². The van der Waals surface area contributed by atoms with Crippen LogP contribution < -0.4 is 16.1 Å². The van der Waals surface area contributed by atoms with Crippen LogP contribution in [-0.2, 0) is 14.4 Å². The lowest BCUT2D eigenvalue weighted by Crippen LogP contribution is -2.56. The maximum Gasteiger partial charge on any atom is 0.409 e. The van der Waals surface area contributed by atoms with E-state index in [-0.39, 0.29) is 30.1 Å². The van der Waals surface area contributed by atoms with Crippen LogP contribution in [0.5, 0.6) is 0 Å². The SMILES string of the molecule is CCCCONC1CC[C@@H](C(=O)NC2CCN(C(=O)OCCCC)CC2)NC1. The van der Waals surface area contributed by atoms with Gasteiger partial charge in [-0.2, -0.15) is 5.48 Å². The van der Waals surface area contributed by atoms with E-state index in [0.29, 0.717) is 19.7 Å². The molecule has 2 aliphatic rings. The van der Waals surface area contributed by atoms with Crippen molar-refractivity contribution in [3.63, 3.8) is 0 Å². The Morgan fingerprint density at radius 3 is 2.36 bits per heavy atom. The molecule has 0 spiro atoms. The smallest absolute Gasteiger partial charge is 0.409 e. The molecule has 28 heavy (non-hydrogen) atoms. The number of rotatable bonds is 10. The van der Waals surface area contributed by atoms with Crippen LogP contribution in [0.1, 0.15) is 65.2 Å². The Bertz CT molecular complexity index is 461. The number of nitrogens with one attached hydrogen (secondary N) is 3. The molecule has 0 aliphatic carbocycles. The van der Waals surface area contributed by atoms with Crippen LogP contribution in [-0.4, -0.2) is 67.9 Å². The normalized spacial score (nSPS) is 23.4. The highest BCUT2D eigenvalue weighted by Gasteiger charge is 2.29. The third kappa shape index (κ3) is 7.93. The van der Waals surface area contributed by atoms with Crippen molar-refractivity contribution in [3.8, 4) is 0 Å². The fourth-order valence-corrected chi connectivity index (χ4v) is 3.48. The highest BCUT2D eigenvalue weighted by atomic mass is 16.6. The van der Waals surface area contributed by atoms with Gasteiger partial charge in [-0.05, 0) is 38.5 Å². The van der Waals surface area contributed by atoms with E-state index in [1.807, 2.05) is 0 Å². The van der Waals surface area contributed by atoms with Gasteiger partial charge in [0.05, 0.1) is 19.3 Å². The number of carbonyl (C=O) groups excluding carboxylic acids is 2. The van der Waals surface area contributed by atoms with Gasteiger partial charge in [0.15, 0.2) is 0 Å². The summed E-state index contributed by atoms with van der Waals surface area (Å²) in [7, 11) is 0. The first-order chi connectivity index (χ1) is 13.6. The second-order valence-corrected chi connectivity index (χ2v) is 7.79. The minimum absolute atomic E-state index is 0.0642. The number of hydrogen-bond acceptors (Lipinski definition) is 6. The van der Waals surface area contributed by atoms with E-state index in [2.05, 4.69) is 30.0 Å². The number of hydrogen-bond donors (Lipinski definition) is 3. The van der Waals surface area contributed by atoms with Crippen LogP contribution in [0, 0.1) is 0 Å². The highest BCUT2D eigenvalue weighted by molar-refractivity contribution is 5.82. The van der Waals surface area contributed by atoms with Crippen LogP contribution in [0.2, 0.25) is 0 Å². The van der Waals surface area contributed by atoms with Crippen LogP contribution in [0.25, 0.3) is 0 Å². The number of piperidine rings is 2. The molecule has 0 aromatic carbocycles. The monoisotopic (exact) mass is 398 g/mol. The first-order valence-electron chi connectivity index (χ1n) is 11.0. The van der Waals surface area contributed by atoms with Crippen molar-refractivity contribution in [1.29, 1.82) is 0 Å². The molecule has 8 heteroatoms. The van der Waals surface area contributed by atoms with Crippen LogP contribution >= 0.6 is 0 Å². The third-order valence-corrected chi connectivity index (χ3v) is 5.40. The molecule has 0 aromatic rings. The number of amides is 2. The minimum Gasteiger partial charge on any atom is -0.449 e. The fraction of sp³-hybridized carbons (Fsp3) is 0.900. The summed E-state index contributed by atoms with van der Waals surface area (Å²) >= 11 is 0. The summed E-state index contributed by atoms with van der Waals surface area (Å²) in [6.45, 7) is 7.41. The molecule has 2 atom stereocenters. The third-order valence-electron chi connectivity index (χ3n) is 5.40. The Morgan fingerprint density at radius 2 is 1.71 bits per heavy atom. The first kappa shape index (κ1) is 22.9. The van der Waals surface area contributed by atoms with Gasteiger partial charge < -0.3 is 25.1 Å². The lowest BCUT2D eigenvalue weighted by atomic mass is 9.99. The van der Waals surface area contributed by atoms with Crippen molar-refractivity contribution in [2.45, 2.75) is 83.3 Å². The number of hydroxylamine groups is 1. The molecule has 0 bridgehead atoms. The van der Waals surface area contributed by atoms with Gasteiger partial charge in [0.1, 0.15) is 0 Å². The van der Waals surface area contributed by atoms with Crippen molar-refractivity contribution < 1.29 is 19.2 Å². The largest absolute Gasteiger partial charge is 0.449 e. The Balaban J connectivity index is 1.59. The molecule has 0 aromatic heterocycles.